The predicted molar refractivity (Wildman–Crippen MR) is 112 cm³/mol. The third-order valence-electron chi connectivity index (χ3n) is 4.86. The fourth-order valence-corrected chi connectivity index (χ4v) is 3.82. The van der Waals surface area contributed by atoms with Gasteiger partial charge in [-0.25, -0.2) is 0 Å². The number of halogens is 1. The molecule has 1 aliphatic rings. The van der Waals surface area contributed by atoms with Crippen molar-refractivity contribution in [3.8, 4) is 11.1 Å². The molecule has 1 N–H and O–H groups in total. The summed E-state index contributed by atoms with van der Waals surface area (Å²) in [5, 5.41) is 4.05. The summed E-state index contributed by atoms with van der Waals surface area (Å²) in [6, 6.07) is 9.92. The smallest absolute Gasteiger partial charge is 0.246 e. The van der Waals surface area contributed by atoms with Crippen LogP contribution in [0, 0.1) is 0 Å². The second-order valence-corrected chi connectivity index (χ2v) is 7.70. The van der Waals surface area contributed by atoms with Gasteiger partial charge in [0.05, 0.1) is 6.04 Å². The Labute approximate surface area is 171 Å². The van der Waals surface area contributed by atoms with E-state index in [4.69, 9.17) is 0 Å². The van der Waals surface area contributed by atoms with Gasteiger partial charge in [-0.3, -0.25) is 14.6 Å². The van der Waals surface area contributed by atoms with Gasteiger partial charge in [-0.15, -0.1) is 0 Å². The second kappa shape index (κ2) is 7.59. The molecule has 0 unspecified atom stereocenters. The molecule has 6 nitrogen and oxygen atoms in total. The molecule has 0 aliphatic carbocycles. The van der Waals surface area contributed by atoms with E-state index in [1.165, 1.54) is 6.08 Å². The Balaban J connectivity index is 1.54. The lowest BCUT2D eigenvalue weighted by atomic mass is 10.1. The average Bonchev–Trinajstić information content (AvgIpc) is 3.02. The van der Waals surface area contributed by atoms with Crippen LogP contribution in [0.3, 0.4) is 0 Å². The summed E-state index contributed by atoms with van der Waals surface area (Å²) in [5.41, 5.74) is 3.01. The van der Waals surface area contributed by atoms with Crippen molar-refractivity contribution in [2.45, 2.75) is 12.6 Å². The number of fused-ring (bicyclic) bond motifs is 1. The summed E-state index contributed by atoms with van der Waals surface area (Å²) in [6.45, 7) is 4.74. The van der Waals surface area contributed by atoms with E-state index in [0.717, 1.165) is 26.5 Å². The molecule has 1 aromatic carbocycles. The van der Waals surface area contributed by atoms with Gasteiger partial charge in [0.25, 0.3) is 0 Å². The summed E-state index contributed by atoms with van der Waals surface area (Å²) < 4.78 is 2.93. The summed E-state index contributed by atoms with van der Waals surface area (Å²) in [7, 11) is 0. The van der Waals surface area contributed by atoms with E-state index in [2.05, 4.69) is 38.9 Å². The van der Waals surface area contributed by atoms with Gasteiger partial charge in [0.1, 0.15) is 6.54 Å². The SMILES string of the molecule is C=CC(=O)N1CC(NC(=O)Cn2cc(-c3cccnc3)c3cc(Br)ccc32)C1. The number of carbonyl (C=O) groups is 2. The highest BCUT2D eigenvalue weighted by Gasteiger charge is 2.30. The number of pyridine rings is 1. The maximum atomic E-state index is 12.5. The Morgan fingerprint density at radius 3 is 2.86 bits per heavy atom. The van der Waals surface area contributed by atoms with Gasteiger partial charge in [0.15, 0.2) is 0 Å². The maximum Gasteiger partial charge on any atom is 0.246 e. The van der Waals surface area contributed by atoms with Gasteiger partial charge < -0.3 is 14.8 Å². The molecule has 2 amide bonds. The van der Waals surface area contributed by atoms with Crippen LogP contribution < -0.4 is 5.32 Å². The average molecular weight is 439 g/mol. The zero-order valence-corrected chi connectivity index (χ0v) is 16.7. The van der Waals surface area contributed by atoms with Gasteiger partial charge in [-0.05, 0) is 30.3 Å². The Bertz CT molecular complexity index is 1050. The molecule has 142 valence electrons. The first-order chi connectivity index (χ1) is 13.5. The van der Waals surface area contributed by atoms with Crippen molar-refractivity contribution in [1.82, 2.24) is 19.8 Å². The molecular weight excluding hydrogens is 420 g/mol. The molecular formula is C21H19BrN4O2. The summed E-state index contributed by atoms with van der Waals surface area (Å²) in [5.74, 6) is -0.179. The van der Waals surface area contributed by atoms with Gasteiger partial charge in [-0.1, -0.05) is 28.6 Å². The number of rotatable bonds is 5. The van der Waals surface area contributed by atoms with E-state index < -0.39 is 0 Å². The lowest BCUT2D eigenvalue weighted by molar-refractivity contribution is -0.133. The number of nitrogens with one attached hydrogen (secondary N) is 1. The van der Waals surface area contributed by atoms with Crippen molar-refractivity contribution < 1.29 is 9.59 Å². The minimum atomic E-state index is -0.103. The summed E-state index contributed by atoms with van der Waals surface area (Å²) in [4.78, 5) is 29.9. The molecule has 0 saturated carbocycles. The topological polar surface area (TPSA) is 67.2 Å². The summed E-state index contributed by atoms with van der Waals surface area (Å²) in [6.07, 6.45) is 6.84. The Morgan fingerprint density at radius 2 is 2.14 bits per heavy atom. The van der Waals surface area contributed by atoms with E-state index in [1.54, 1.807) is 11.1 Å². The minimum Gasteiger partial charge on any atom is -0.348 e. The monoisotopic (exact) mass is 438 g/mol. The molecule has 0 spiro atoms. The number of amides is 2. The normalized spacial score (nSPS) is 14.0. The largest absolute Gasteiger partial charge is 0.348 e. The van der Waals surface area contributed by atoms with E-state index in [9.17, 15) is 9.59 Å². The van der Waals surface area contributed by atoms with Crippen molar-refractivity contribution in [2.24, 2.45) is 0 Å². The quantitative estimate of drug-likeness (QED) is 0.622. The number of benzene rings is 1. The van der Waals surface area contributed by atoms with Crippen LogP contribution in [0.25, 0.3) is 22.0 Å². The minimum absolute atomic E-state index is 0.00911. The highest BCUT2D eigenvalue weighted by atomic mass is 79.9. The lowest BCUT2D eigenvalue weighted by Crippen LogP contribution is -2.61. The van der Waals surface area contributed by atoms with Crippen molar-refractivity contribution in [3.05, 3.63) is 66.1 Å². The van der Waals surface area contributed by atoms with Crippen molar-refractivity contribution in [3.63, 3.8) is 0 Å². The fraction of sp³-hybridized carbons (Fsp3) is 0.190. The number of hydrogen-bond donors (Lipinski definition) is 1. The van der Waals surface area contributed by atoms with Crippen molar-refractivity contribution in [2.75, 3.05) is 13.1 Å². The zero-order valence-electron chi connectivity index (χ0n) is 15.1. The molecule has 1 saturated heterocycles. The standard InChI is InChI=1S/C21H19BrN4O2/c1-2-21(28)26-10-16(11-26)24-20(27)13-25-12-18(14-4-3-7-23-9-14)17-8-15(22)5-6-19(17)25/h2-9,12,16H,1,10-11,13H2,(H,24,27). The molecule has 4 rings (SSSR count). The van der Waals surface area contributed by atoms with Crippen LogP contribution in [-0.2, 0) is 16.1 Å². The van der Waals surface area contributed by atoms with Crippen LogP contribution in [0.5, 0.6) is 0 Å². The fourth-order valence-electron chi connectivity index (χ4n) is 3.46. The third kappa shape index (κ3) is 3.57. The third-order valence-corrected chi connectivity index (χ3v) is 5.36. The molecule has 2 aromatic heterocycles. The number of hydrogen-bond acceptors (Lipinski definition) is 3. The first kappa shape index (κ1) is 18.4. The second-order valence-electron chi connectivity index (χ2n) is 6.79. The molecule has 0 radical (unpaired) electrons. The zero-order chi connectivity index (χ0) is 19.7. The molecule has 0 bridgehead atoms. The van der Waals surface area contributed by atoms with Crippen LogP contribution >= 0.6 is 15.9 Å². The number of likely N-dealkylation sites (tertiary alicyclic amines) is 1. The predicted octanol–water partition coefficient (Wildman–Crippen LogP) is 2.98. The van der Waals surface area contributed by atoms with E-state index in [0.29, 0.717) is 13.1 Å². The van der Waals surface area contributed by atoms with E-state index >= 15 is 0 Å². The van der Waals surface area contributed by atoms with Gasteiger partial charge in [0.2, 0.25) is 11.8 Å². The lowest BCUT2D eigenvalue weighted by Gasteiger charge is -2.38. The van der Waals surface area contributed by atoms with Crippen LogP contribution in [-0.4, -0.2) is 45.4 Å². The van der Waals surface area contributed by atoms with Crippen LogP contribution in [0.1, 0.15) is 0 Å². The van der Waals surface area contributed by atoms with E-state index in [-0.39, 0.29) is 24.4 Å². The van der Waals surface area contributed by atoms with Gasteiger partial charge >= 0.3 is 0 Å². The van der Waals surface area contributed by atoms with Crippen molar-refractivity contribution in [1.29, 1.82) is 0 Å². The number of carbonyl (C=O) groups excluding carboxylic acids is 2. The maximum absolute atomic E-state index is 12.5. The highest BCUT2D eigenvalue weighted by molar-refractivity contribution is 9.10. The van der Waals surface area contributed by atoms with Gasteiger partial charge in [-0.2, -0.15) is 0 Å². The number of nitrogens with zero attached hydrogens (tertiary/aromatic N) is 3. The molecule has 1 aliphatic heterocycles. The van der Waals surface area contributed by atoms with Gasteiger partial charge in [0, 0.05) is 58.2 Å². The molecule has 7 heteroatoms. The van der Waals surface area contributed by atoms with Crippen LogP contribution in [0.2, 0.25) is 0 Å². The first-order valence-corrected chi connectivity index (χ1v) is 9.74. The highest BCUT2D eigenvalue weighted by Crippen LogP contribution is 2.32. The first-order valence-electron chi connectivity index (χ1n) is 8.94. The van der Waals surface area contributed by atoms with Crippen LogP contribution in [0.4, 0.5) is 0 Å². The summed E-state index contributed by atoms with van der Waals surface area (Å²) >= 11 is 3.53. The Kier molecular flexibility index (Phi) is 5.00. The molecule has 0 atom stereocenters. The van der Waals surface area contributed by atoms with Crippen LogP contribution in [0.15, 0.2) is 66.1 Å². The molecule has 1 fully saturated rings. The molecule has 28 heavy (non-hydrogen) atoms. The van der Waals surface area contributed by atoms with Crippen molar-refractivity contribution >= 4 is 38.6 Å². The Morgan fingerprint density at radius 1 is 1.32 bits per heavy atom. The Hall–Kier alpha value is -2.93. The molecule has 3 aromatic rings. The number of aromatic nitrogens is 2. The van der Waals surface area contributed by atoms with E-state index in [1.807, 2.05) is 41.2 Å². The molecule has 3 heterocycles.